The molecule has 0 aliphatic heterocycles. The molecule has 0 aromatic heterocycles. The summed E-state index contributed by atoms with van der Waals surface area (Å²) in [6.45, 7) is 0. The van der Waals surface area contributed by atoms with E-state index in [9.17, 15) is 18.4 Å². The third-order valence-electron chi connectivity index (χ3n) is 2.22. The Kier molecular flexibility index (Phi) is 5.08. The monoisotopic (exact) mass is 275 g/mol. The van der Waals surface area contributed by atoms with Crippen molar-refractivity contribution < 1.29 is 23.5 Å². The van der Waals surface area contributed by atoms with Gasteiger partial charge in [-0.3, -0.25) is 4.79 Å². The first-order chi connectivity index (χ1) is 8.47. The van der Waals surface area contributed by atoms with Crippen molar-refractivity contribution in [1.29, 1.82) is 0 Å². The van der Waals surface area contributed by atoms with Crippen LogP contribution in [0.4, 0.5) is 8.78 Å². The molecule has 18 heavy (non-hydrogen) atoms. The molecule has 0 fully saturated rings. The second-order valence-electron chi connectivity index (χ2n) is 3.48. The Hall–Kier alpha value is -1.63. The summed E-state index contributed by atoms with van der Waals surface area (Å²) in [5.41, 5.74) is -0.527. The average molecular weight is 275 g/mol. The van der Waals surface area contributed by atoms with Gasteiger partial charge in [0.05, 0.1) is 5.56 Å². The molecule has 4 nitrogen and oxygen atoms in total. The van der Waals surface area contributed by atoms with Crippen LogP contribution in [0.1, 0.15) is 16.8 Å². The average Bonchev–Trinajstić information content (AvgIpc) is 2.31. The zero-order chi connectivity index (χ0) is 13.7. The van der Waals surface area contributed by atoms with Gasteiger partial charge in [-0.15, -0.1) is 0 Å². The van der Waals surface area contributed by atoms with Gasteiger partial charge in [0.2, 0.25) is 0 Å². The summed E-state index contributed by atoms with van der Waals surface area (Å²) in [4.78, 5) is 22.4. The van der Waals surface area contributed by atoms with E-state index < -0.39 is 35.1 Å². The van der Waals surface area contributed by atoms with Crippen molar-refractivity contribution in [3.63, 3.8) is 0 Å². The molecule has 0 aliphatic rings. The molecular formula is C11H11F2NO3S. The van der Waals surface area contributed by atoms with E-state index >= 15 is 0 Å². The molecule has 0 saturated carbocycles. The molecular weight excluding hydrogens is 264 g/mol. The maximum atomic E-state index is 13.3. The summed E-state index contributed by atoms with van der Waals surface area (Å²) in [5.74, 6) is -4.45. The van der Waals surface area contributed by atoms with Gasteiger partial charge >= 0.3 is 5.97 Å². The van der Waals surface area contributed by atoms with Crippen LogP contribution in [0.2, 0.25) is 0 Å². The zero-order valence-corrected chi connectivity index (χ0v) is 10.1. The Morgan fingerprint density at radius 1 is 1.39 bits per heavy atom. The number of rotatable bonds is 5. The predicted octanol–water partition coefficient (Wildman–Crippen LogP) is 1.47. The second kappa shape index (κ2) is 6.34. The molecule has 0 bridgehead atoms. The fourth-order valence-corrected chi connectivity index (χ4v) is 1.56. The van der Waals surface area contributed by atoms with Gasteiger partial charge in [-0.2, -0.15) is 12.6 Å². The molecule has 2 N–H and O–H groups in total. The van der Waals surface area contributed by atoms with E-state index in [2.05, 4.69) is 17.9 Å². The van der Waals surface area contributed by atoms with Crippen LogP contribution >= 0.6 is 12.6 Å². The number of hydrogen-bond acceptors (Lipinski definition) is 3. The lowest BCUT2D eigenvalue weighted by atomic mass is 10.1. The largest absolute Gasteiger partial charge is 0.480 e. The van der Waals surface area contributed by atoms with Gasteiger partial charge in [0.25, 0.3) is 5.91 Å². The Morgan fingerprint density at radius 2 is 2.06 bits per heavy atom. The molecule has 1 aromatic carbocycles. The number of carbonyl (C=O) groups excluding carboxylic acids is 1. The highest BCUT2D eigenvalue weighted by molar-refractivity contribution is 7.80. The van der Waals surface area contributed by atoms with E-state index in [0.29, 0.717) is 0 Å². The molecule has 0 radical (unpaired) electrons. The van der Waals surface area contributed by atoms with Crippen molar-refractivity contribution in [2.75, 3.05) is 5.75 Å². The Labute approximate surface area is 107 Å². The van der Waals surface area contributed by atoms with E-state index in [1.54, 1.807) is 0 Å². The number of nitrogens with one attached hydrogen (secondary N) is 1. The molecule has 1 atom stereocenters. The zero-order valence-electron chi connectivity index (χ0n) is 9.19. The van der Waals surface area contributed by atoms with Crippen LogP contribution < -0.4 is 5.32 Å². The van der Waals surface area contributed by atoms with E-state index in [-0.39, 0.29) is 12.2 Å². The minimum Gasteiger partial charge on any atom is -0.480 e. The van der Waals surface area contributed by atoms with Crippen LogP contribution in [0.5, 0.6) is 0 Å². The SMILES string of the molecule is O=C(N[C@@H](CCS)C(=O)O)c1cccc(F)c1F. The Balaban J connectivity index is 2.87. The van der Waals surface area contributed by atoms with E-state index in [1.807, 2.05) is 0 Å². The Morgan fingerprint density at radius 3 is 2.61 bits per heavy atom. The van der Waals surface area contributed by atoms with Crippen LogP contribution in [-0.2, 0) is 4.79 Å². The van der Waals surface area contributed by atoms with Crippen molar-refractivity contribution in [1.82, 2.24) is 5.32 Å². The highest BCUT2D eigenvalue weighted by Gasteiger charge is 2.22. The molecule has 0 spiro atoms. The maximum Gasteiger partial charge on any atom is 0.326 e. The summed E-state index contributed by atoms with van der Waals surface area (Å²) in [5, 5.41) is 10.9. The molecule has 1 aromatic rings. The van der Waals surface area contributed by atoms with Gasteiger partial charge in [-0.05, 0) is 24.3 Å². The highest BCUT2D eigenvalue weighted by Crippen LogP contribution is 2.11. The second-order valence-corrected chi connectivity index (χ2v) is 3.93. The molecule has 1 amide bonds. The molecule has 0 aliphatic carbocycles. The minimum atomic E-state index is -1.30. The standard InChI is InChI=1S/C11H11F2NO3S/c12-7-3-1-2-6(9(7)13)10(15)14-8(4-5-18)11(16)17/h1-3,8,18H,4-5H2,(H,14,15)(H,16,17)/t8-/m0/s1. The van der Waals surface area contributed by atoms with Crippen molar-refractivity contribution in [3.8, 4) is 0 Å². The van der Waals surface area contributed by atoms with E-state index in [0.717, 1.165) is 12.1 Å². The van der Waals surface area contributed by atoms with Crippen LogP contribution in [0.15, 0.2) is 18.2 Å². The number of carboxylic acid groups (broad SMARTS) is 1. The quantitative estimate of drug-likeness (QED) is 0.713. The van der Waals surface area contributed by atoms with E-state index in [1.165, 1.54) is 6.07 Å². The van der Waals surface area contributed by atoms with Crippen LogP contribution in [0.25, 0.3) is 0 Å². The van der Waals surface area contributed by atoms with Gasteiger partial charge in [-0.25, -0.2) is 13.6 Å². The maximum absolute atomic E-state index is 13.3. The number of carbonyl (C=O) groups is 2. The molecule has 0 unspecified atom stereocenters. The lowest BCUT2D eigenvalue weighted by Crippen LogP contribution is -2.41. The van der Waals surface area contributed by atoms with Crippen molar-refractivity contribution >= 4 is 24.5 Å². The summed E-state index contributed by atoms with van der Waals surface area (Å²) >= 11 is 3.85. The first-order valence-corrected chi connectivity index (χ1v) is 5.69. The number of halogens is 2. The van der Waals surface area contributed by atoms with Gasteiger partial charge < -0.3 is 10.4 Å². The van der Waals surface area contributed by atoms with Gasteiger partial charge in [-0.1, -0.05) is 6.07 Å². The predicted molar refractivity (Wildman–Crippen MR) is 63.7 cm³/mol. The summed E-state index contributed by atoms with van der Waals surface area (Å²) in [6.07, 6.45) is 0.0844. The van der Waals surface area contributed by atoms with Crippen LogP contribution in [-0.4, -0.2) is 28.8 Å². The Bertz CT molecular complexity index is 468. The topological polar surface area (TPSA) is 66.4 Å². The highest BCUT2D eigenvalue weighted by atomic mass is 32.1. The van der Waals surface area contributed by atoms with Gasteiger partial charge in [0, 0.05) is 0 Å². The normalized spacial score (nSPS) is 11.9. The lowest BCUT2D eigenvalue weighted by Gasteiger charge is -2.13. The number of hydrogen-bond donors (Lipinski definition) is 3. The van der Waals surface area contributed by atoms with Crippen LogP contribution in [0.3, 0.4) is 0 Å². The molecule has 7 heteroatoms. The van der Waals surface area contributed by atoms with E-state index in [4.69, 9.17) is 5.11 Å². The molecule has 0 heterocycles. The van der Waals surface area contributed by atoms with Crippen molar-refractivity contribution in [2.24, 2.45) is 0 Å². The third kappa shape index (κ3) is 3.43. The summed E-state index contributed by atoms with van der Waals surface area (Å²) < 4.78 is 26.2. The fraction of sp³-hybridized carbons (Fsp3) is 0.273. The number of benzene rings is 1. The van der Waals surface area contributed by atoms with Gasteiger partial charge in [0.15, 0.2) is 11.6 Å². The first-order valence-electron chi connectivity index (χ1n) is 5.06. The number of amides is 1. The summed E-state index contributed by atoms with van der Waals surface area (Å²) in [7, 11) is 0. The first kappa shape index (κ1) is 14.4. The molecule has 0 saturated heterocycles. The number of carboxylic acids is 1. The lowest BCUT2D eigenvalue weighted by molar-refractivity contribution is -0.139. The summed E-state index contributed by atoms with van der Waals surface area (Å²) in [6, 6.07) is 1.93. The van der Waals surface area contributed by atoms with Crippen molar-refractivity contribution in [2.45, 2.75) is 12.5 Å². The third-order valence-corrected chi connectivity index (χ3v) is 2.48. The molecule has 98 valence electrons. The minimum absolute atomic E-state index is 0.0844. The number of thiol groups is 1. The fourth-order valence-electron chi connectivity index (χ4n) is 1.30. The molecule has 1 rings (SSSR count). The van der Waals surface area contributed by atoms with Crippen molar-refractivity contribution in [3.05, 3.63) is 35.4 Å². The smallest absolute Gasteiger partial charge is 0.326 e. The number of aliphatic carboxylic acids is 1. The van der Waals surface area contributed by atoms with Crippen LogP contribution in [0, 0.1) is 11.6 Å². The van der Waals surface area contributed by atoms with Gasteiger partial charge in [0.1, 0.15) is 6.04 Å².